The second kappa shape index (κ2) is 33.9. The quantitative estimate of drug-likeness (QED) is 0.0858. The Morgan fingerprint density at radius 3 is 1.43 bits per heavy atom. The lowest BCUT2D eigenvalue weighted by Crippen LogP contribution is -2.14. The second-order valence-electron chi connectivity index (χ2n) is 34.1. The fourth-order valence-electron chi connectivity index (χ4n) is 19.3. The van der Waals surface area contributed by atoms with Gasteiger partial charge < -0.3 is 14.4 Å². The average Bonchev–Trinajstić information content (AvgIpc) is 1.56. The number of hydrogen-bond acceptors (Lipinski definition) is 12. The topological polar surface area (TPSA) is 115 Å². The number of aromatic nitrogens is 9. The number of fused-ring (bicyclic) bond motifs is 10. The Labute approximate surface area is 783 Å². The zero-order valence-corrected chi connectivity index (χ0v) is 74.1. The van der Waals surface area contributed by atoms with Crippen molar-refractivity contribution in [2.45, 2.75) is 32.8 Å². The lowest BCUT2D eigenvalue weighted by Gasteiger charge is -2.32. The molecule has 13 heteroatoms. The highest BCUT2D eigenvalue weighted by atomic mass is 32.2. The Morgan fingerprint density at radius 1 is 0.276 bits per heavy atom. The molecule has 22 aromatic rings. The van der Waals surface area contributed by atoms with E-state index >= 15 is 0 Å². The Morgan fingerprint density at radius 2 is 0.746 bits per heavy atom. The van der Waals surface area contributed by atoms with E-state index in [-0.39, 0.29) is 5.92 Å². The summed E-state index contributed by atoms with van der Waals surface area (Å²) in [5.74, 6) is 4.53. The van der Waals surface area contributed by atoms with Crippen LogP contribution < -0.4 is 9.80 Å². The molecule has 0 saturated carbocycles. The fraction of sp³-hybridized carbons (Fsp3) is 0.0248. The highest BCUT2D eigenvalue weighted by Gasteiger charge is 2.29. The van der Waals surface area contributed by atoms with Crippen LogP contribution in [0.5, 0.6) is 0 Å². The molecule has 2 aliphatic heterocycles. The number of para-hydroxylation sites is 5. The normalized spacial score (nSPS) is 13.3. The van der Waals surface area contributed by atoms with Gasteiger partial charge in [-0.25, -0.2) is 34.9 Å². The zero-order valence-electron chi connectivity index (χ0n) is 72.5. The lowest BCUT2D eigenvalue weighted by molar-refractivity contribution is 0.854. The van der Waals surface area contributed by atoms with Gasteiger partial charge in [-0.2, -0.15) is 0 Å². The van der Waals surface area contributed by atoms with Crippen molar-refractivity contribution in [3.8, 4) is 130 Å². The van der Waals surface area contributed by atoms with Gasteiger partial charge in [0.25, 0.3) is 0 Å². The van der Waals surface area contributed by atoms with Crippen LogP contribution in [-0.4, -0.2) is 44.4 Å². The van der Waals surface area contributed by atoms with E-state index in [1.165, 1.54) is 37.2 Å². The van der Waals surface area contributed by atoms with E-state index in [1.54, 1.807) is 0 Å². The number of hydrogen-bond donors (Lipinski definition) is 0. The number of pyridine rings is 2. The SMILES string of the molecule is C1=CC(c2cccc(-c3ccc4cc(-c5cccc(-c6cc(-c7ccc(N8c9ccccc9Sc9ccccc98)cc7)cc(-c7nc(-c8ccccc8)nc(-c8ccccc8)n7)c6)c5)c5cccnc5c4n3)c2)CC=C1c1nc(-c2ccc(-c3ccccc3)cc2)nc(-c2ccc3c(c2)c2cc(-c4cccc(N5c6ccccc6CSc6ccccc65)c4)ccc2n3-c2ccccc2)n1. The van der Waals surface area contributed by atoms with Gasteiger partial charge in [0, 0.05) is 110 Å². The highest BCUT2D eigenvalue weighted by Crippen LogP contribution is 2.53. The third-order valence-corrected chi connectivity index (χ3v) is 28.1. The van der Waals surface area contributed by atoms with Gasteiger partial charge in [0.1, 0.15) is 0 Å². The molecule has 630 valence electrons. The molecule has 0 fully saturated rings. The van der Waals surface area contributed by atoms with Crippen LogP contribution in [0, 0.1) is 0 Å². The first-order valence-corrected chi connectivity index (χ1v) is 47.0. The van der Waals surface area contributed by atoms with Crippen molar-refractivity contribution < 1.29 is 0 Å². The maximum atomic E-state index is 5.53. The molecule has 1 aliphatic carbocycles. The van der Waals surface area contributed by atoms with Gasteiger partial charge in [-0.15, -0.1) is 11.8 Å². The Hall–Kier alpha value is -16.8. The van der Waals surface area contributed by atoms with E-state index in [4.69, 9.17) is 39.9 Å². The smallest absolute Gasteiger partial charge is 0.164 e. The Bertz CT molecular complexity index is 8300. The third-order valence-electron chi connectivity index (χ3n) is 25.9. The molecular formula is C121H79N11S2. The molecule has 0 saturated heterocycles. The summed E-state index contributed by atoms with van der Waals surface area (Å²) in [7, 11) is 0. The molecule has 1 unspecified atom stereocenters. The van der Waals surface area contributed by atoms with Crippen molar-refractivity contribution in [2.24, 2.45) is 0 Å². The van der Waals surface area contributed by atoms with Crippen molar-refractivity contribution in [3.63, 3.8) is 0 Å². The molecule has 7 heterocycles. The van der Waals surface area contributed by atoms with Gasteiger partial charge in [0.2, 0.25) is 0 Å². The highest BCUT2D eigenvalue weighted by molar-refractivity contribution is 7.99. The summed E-state index contributed by atoms with van der Waals surface area (Å²) in [5.41, 5.74) is 32.3. The number of benzene rings is 17. The summed E-state index contributed by atoms with van der Waals surface area (Å²) in [6.07, 6.45) is 9.39. The van der Waals surface area contributed by atoms with Gasteiger partial charge in [-0.1, -0.05) is 297 Å². The van der Waals surface area contributed by atoms with Crippen LogP contribution in [0.3, 0.4) is 0 Å². The Balaban J connectivity index is 0.537. The van der Waals surface area contributed by atoms with Crippen molar-refractivity contribution >= 4 is 107 Å². The predicted octanol–water partition coefficient (Wildman–Crippen LogP) is 31.7. The van der Waals surface area contributed by atoms with Crippen LogP contribution in [0.4, 0.5) is 34.1 Å². The molecule has 134 heavy (non-hydrogen) atoms. The first-order valence-electron chi connectivity index (χ1n) is 45.2. The molecule has 0 N–H and O–H groups in total. The molecule has 25 rings (SSSR count). The number of thioether (sulfide) groups is 1. The summed E-state index contributed by atoms with van der Waals surface area (Å²) in [6, 6.07) is 152. The van der Waals surface area contributed by atoms with Crippen LogP contribution in [0.25, 0.3) is 179 Å². The molecule has 11 nitrogen and oxygen atoms in total. The van der Waals surface area contributed by atoms with E-state index in [0.29, 0.717) is 34.9 Å². The van der Waals surface area contributed by atoms with E-state index in [1.807, 2.05) is 72.2 Å². The first kappa shape index (κ1) is 79.3. The minimum atomic E-state index is 0.0664. The van der Waals surface area contributed by atoms with Crippen molar-refractivity contribution in [2.75, 3.05) is 9.80 Å². The minimum Gasteiger partial charge on any atom is -0.309 e. The van der Waals surface area contributed by atoms with Gasteiger partial charge >= 0.3 is 0 Å². The van der Waals surface area contributed by atoms with Gasteiger partial charge in [0.15, 0.2) is 34.9 Å². The first-order chi connectivity index (χ1) is 66.3. The van der Waals surface area contributed by atoms with Gasteiger partial charge in [-0.05, 0) is 231 Å². The summed E-state index contributed by atoms with van der Waals surface area (Å²) in [4.78, 5) is 51.1. The third kappa shape index (κ3) is 14.8. The Kier molecular flexibility index (Phi) is 20.1. The number of allylic oxidation sites excluding steroid dienone is 4. The molecular weight excluding hydrogens is 1670 g/mol. The lowest BCUT2D eigenvalue weighted by atomic mass is 9.88. The predicted molar refractivity (Wildman–Crippen MR) is 552 cm³/mol. The molecule has 17 aromatic carbocycles. The van der Waals surface area contributed by atoms with Gasteiger partial charge in [0.05, 0.1) is 50.5 Å². The van der Waals surface area contributed by atoms with Gasteiger partial charge in [-0.3, -0.25) is 4.98 Å². The van der Waals surface area contributed by atoms with Crippen molar-refractivity contribution in [3.05, 3.63) is 466 Å². The molecule has 1 atom stereocenters. The standard InChI is InChI=1S/C121H79N11S2/c1-5-25-77(26-6-1)78-48-52-83(53-49-78)118-125-119(127-120(126-118)92-60-65-107-103(75-92)102-73-88(59-64-106(102)130(107)97-37-11-4-12-38-97)87-34-23-39-99(72-87)132-105-41-14-13-31-93(105)76-133-111-45-18-15-42-108(111)132)84-54-50-79(51-55-84)85-32-22-36-90(68-85)104-63-58-91-74-101(100-40-24-66-122-115(100)114(91)123-104)89-35-21-33-86(67-89)95-69-94(80-56-61-98(62-57-80)131-109-43-16-19-46-112(109)134-113-47-20-17-44-110(113)131)70-96(71-95)121-128-116(81-27-7-2-8-28-81)124-117(129-121)82-29-9-3-10-30-82/h1-50,52-75,79H,51,76H2. The van der Waals surface area contributed by atoms with E-state index < -0.39 is 0 Å². The number of rotatable bonds is 16. The second-order valence-corrected chi connectivity index (χ2v) is 36.2. The summed E-state index contributed by atoms with van der Waals surface area (Å²) >= 11 is 3.70. The summed E-state index contributed by atoms with van der Waals surface area (Å²) < 4.78 is 2.38. The summed E-state index contributed by atoms with van der Waals surface area (Å²) in [5, 5.41) is 4.21. The average molecular weight is 1750 g/mol. The molecule has 3 aliphatic rings. The maximum Gasteiger partial charge on any atom is 0.164 e. The fourth-order valence-corrected chi connectivity index (χ4v) is 21.4. The molecule has 0 spiro atoms. The van der Waals surface area contributed by atoms with Crippen molar-refractivity contribution in [1.82, 2.24) is 44.4 Å². The van der Waals surface area contributed by atoms with Crippen molar-refractivity contribution in [1.29, 1.82) is 0 Å². The number of nitrogens with zero attached hydrogens (tertiary/aromatic N) is 11. The molecule has 0 bridgehead atoms. The minimum absolute atomic E-state index is 0.0664. The largest absolute Gasteiger partial charge is 0.309 e. The van der Waals surface area contributed by atoms with E-state index in [9.17, 15) is 0 Å². The number of anilines is 6. The molecule has 0 amide bonds. The van der Waals surface area contributed by atoms with Crippen LogP contribution in [0.2, 0.25) is 0 Å². The molecule has 5 aromatic heterocycles. The van der Waals surface area contributed by atoms with E-state index in [0.717, 1.165) is 185 Å². The van der Waals surface area contributed by atoms with E-state index in [2.05, 4.69) is 415 Å². The van der Waals surface area contributed by atoms with Crippen LogP contribution in [0.1, 0.15) is 29.3 Å². The van der Waals surface area contributed by atoms with Crippen LogP contribution in [0.15, 0.2) is 464 Å². The monoisotopic (exact) mass is 1750 g/mol. The zero-order chi connectivity index (χ0) is 88.5. The summed E-state index contributed by atoms with van der Waals surface area (Å²) in [6.45, 7) is 0. The van der Waals surface area contributed by atoms with Crippen LogP contribution in [-0.2, 0) is 5.75 Å². The van der Waals surface area contributed by atoms with Crippen LogP contribution >= 0.6 is 23.5 Å². The maximum absolute atomic E-state index is 5.53. The molecule has 0 radical (unpaired) electrons.